The first kappa shape index (κ1) is 15.2. The Morgan fingerprint density at radius 2 is 1.88 bits per heavy atom. The van der Waals surface area contributed by atoms with Crippen molar-refractivity contribution in [3.8, 4) is 17.0 Å². The van der Waals surface area contributed by atoms with Gasteiger partial charge in [-0.2, -0.15) is 0 Å². The molecule has 0 amide bonds. The van der Waals surface area contributed by atoms with Crippen LogP contribution >= 0.6 is 0 Å². The van der Waals surface area contributed by atoms with Crippen molar-refractivity contribution in [1.29, 1.82) is 0 Å². The zero-order valence-corrected chi connectivity index (χ0v) is 13.6. The number of hydrogen-bond donors (Lipinski definition) is 2. The summed E-state index contributed by atoms with van der Waals surface area (Å²) in [5.41, 5.74) is 3.08. The standard InChI is InChI=1S/C20H18N4O/c1-2-4-17(5-3-1)25-11-10-22-20-13-19(23-14-24-20)15-6-7-18-16(12-15)8-9-21-18/h1-9,12-14,21H,10-11H2,(H,22,23,24). The average Bonchev–Trinajstić information content (AvgIpc) is 3.14. The Kier molecular flexibility index (Phi) is 4.29. The van der Waals surface area contributed by atoms with Gasteiger partial charge in [-0.3, -0.25) is 0 Å². The highest BCUT2D eigenvalue weighted by atomic mass is 16.5. The number of rotatable bonds is 6. The molecule has 2 aromatic heterocycles. The van der Waals surface area contributed by atoms with Crippen molar-refractivity contribution in [2.24, 2.45) is 0 Å². The number of para-hydroxylation sites is 1. The number of anilines is 1. The van der Waals surface area contributed by atoms with Gasteiger partial charge in [0.25, 0.3) is 0 Å². The zero-order chi connectivity index (χ0) is 16.9. The van der Waals surface area contributed by atoms with Crippen LogP contribution in [0.15, 0.2) is 73.2 Å². The summed E-state index contributed by atoms with van der Waals surface area (Å²) in [6.07, 6.45) is 3.52. The minimum Gasteiger partial charge on any atom is -0.492 e. The van der Waals surface area contributed by atoms with Crippen molar-refractivity contribution in [2.45, 2.75) is 0 Å². The summed E-state index contributed by atoms with van der Waals surface area (Å²) in [5, 5.41) is 4.44. The maximum absolute atomic E-state index is 5.67. The third kappa shape index (κ3) is 3.61. The molecule has 2 aromatic carbocycles. The van der Waals surface area contributed by atoms with Crippen LogP contribution in [0.25, 0.3) is 22.2 Å². The van der Waals surface area contributed by atoms with E-state index in [2.05, 4.69) is 44.5 Å². The van der Waals surface area contributed by atoms with Crippen LogP contribution in [0, 0.1) is 0 Å². The molecule has 124 valence electrons. The monoisotopic (exact) mass is 330 g/mol. The van der Waals surface area contributed by atoms with Crippen molar-refractivity contribution in [2.75, 3.05) is 18.5 Å². The zero-order valence-electron chi connectivity index (χ0n) is 13.6. The Morgan fingerprint density at radius 1 is 0.960 bits per heavy atom. The van der Waals surface area contributed by atoms with E-state index in [4.69, 9.17) is 4.74 Å². The Morgan fingerprint density at radius 3 is 2.80 bits per heavy atom. The molecular formula is C20H18N4O. The Bertz CT molecular complexity index is 966. The lowest BCUT2D eigenvalue weighted by molar-refractivity contribution is 0.333. The predicted molar refractivity (Wildman–Crippen MR) is 99.8 cm³/mol. The van der Waals surface area contributed by atoms with E-state index in [0.29, 0.717) is 13.2 Å². The van der Waals surface area contributed by atoms with Crippen LogP contribution in [0.1, 0.15) is 0 Å². The van der Waals surface area contributed by atoms with Gasteiger partial charge in [-0.1, -0.05) is 24.3 Å². The van der Waals surface area contributed by atoms with Gasteiger partial charge in [-0.25, -0.2) is 9.97 Å². The first-order valence-electron chi connectivity index (χ1n) is 8.20. The Labute approximate surface area is 145 Å². The molecule has 4 rings (SSSR count). The molecule has 0 saturated heterocycles. The molecule has 25 heavy (non-hydrogen) atoms. The molecule has 0 aliphatic carbocycles. The fraction of sp³-hybridized carbons (Fsp3) is 0.100. The molecule has 2 N–H and O–H groups in total. The largest absolute Gasteiger partial charge is 0.492 e. The maximum atomic E-state index is 5.67. The summed E-state index contributed by atoms with van der Waals surface area (Å²) in [4.78, 5) is 11.9. The summed E-state index contributed by atoms with van der Waals surface area (Å²) in [6, 6.07) is 20.0. The SMILES string of the molecule is c1ccc(OCCNc2cc(-c3ccc4[nH]ccc4c3)ncn2)cc1. The molecular weight excluding hydrogens is 312 g/mol. The first-order valence-corrected chi connectivity index (χ1v) is 8.20. The average molecular weight is 330 g/mol. The molecule has 0 radical (unpaired) electrons. The second-order valence-corrected chi connectivity index (χ2v) is 5.66. The summed E-state index contributed by atoms with van der Waals surface area (Å²) >= 11 is 0. The second-order valence-electron chi connectivity index (χ2n) is 5.66. The van der Waals surface area contributed by atoms with E-state index in [-0.39, 0.29) is 0 Å². The van der Waals surface area contributed by atoms with Gasteiger partial charge in [0.1, 0.15) is 24.5 Å². The minimum atomic E-state index is 0.568. The van der Waals surface area contributed by atoms with Gasteiger partial charge in [0.05, 0.1) is 12.2 Å². The smallest absolute Gasteiger partial charge is 0.130 e. The number of fused-ring (bicyclic) bond motifs is 1. The molecule has 2 heterocycles. The topological polar surface area (TPSA) is 62.8 Å². The maximum Gasteiger partial charge on any atom is 0.130 e. The molecule has 0 saturated carbocycles. The van der Waals surface area contributed by atoms with Gasteiger partial charge in [0, 0.05) is 28.7 Å². The number of hydrogen-bond acceptors (Lipinski definition) is 4. The summed E-state index contributed by atoms with van der Waals surface area (Å²) in [5.74, 6) is 1.66. The predicted octanol–water partition coefficient (Wildman–Crippen LogP) is 4.12. The van der Waals surface area contributed by atoms with Gasteiger partial charge in [0.15, 0.2) is 0 Å². The van der Waals surface area contributed by atoms with E-state index in [1.807, 2.05) is 42.6 Å². The molecule has 0 atom stereocenters. The molecule has 5 nitrogen and oxygen atoms in total. The number of ether oxygens (including phenoxy) is 1. The molecule has 0 spiro atoms. The Hall–Kier alpha value is -3.34. The third-order valence-electron chi connectivity index (χ3n) is 3.94. The molecule has 4 aromatic rings. The lowest BCUT2D eigenvalue weighted by Gasteiger charge is -2.09. The highest BCUT2D eigenvalue weighted by Gasteiger charge is 2.04. The quantitative estimate of drug-likeness (QED) is 0.522. The summed E-state index contributed by atoms with van der Waals surface area (Å²) in [7, 11) is 0. The number of aromatic amines is 1. The van der Waals surface area contributed by atoms with Crippen molar-refractivity contribution in [1.82, 2.24) is 15.0 Å². The van der Waals surface area contributed by atoms with Crippen LogP contribution in [-0.2, 0) is 0 Å². The molecule has 0 unspecified atom stereocenters. The fourth-order valence-electron chi connectivity index (χ4n) is 2.69. The van der Waals surface area contributed by atoms with Gasteiger partial charge < -0.3 is 15.0 Å². The number of aromatic nitrogens is 3. The van der Waals surface area contributed by atoms with Crippen molar-refractivity contribution in [3.63, 3.8) is 0 Å². The normalized spacial score (nSPS) is 10.7. The van der Waals surface area contributed by atoms with E-state index in [9.17, 15) is 0 Å². The minimum absolute atomic E-state index is 0.568. The van der Waals surface area contributed by atoms with E-state index >= 15 is 0 Å². The van der Waals surface area contributed by atoms with Crippen molar-refractivity contribution in [3.05, 3.63) is 73.2 Å². The van der Waals surface area contributed by atoms with Crippen LogP contribution in [0.3, 0.4) is 0 Å². The van der Waals surface area contributed by atoms with Crippen molar-refractivity contribution >= 4 is 16.7 Å². The molecule has 5 heteroatoms. The van der Waals surface area contributed by atoms with E-state index in [1.54, 1.807) is 6.33 Å². The fourth-order valence-corrected chi connectivity index (χ4v) is 2.69. The summed E-state index contributed by atoms with van der Waals surface area (Å²) < 4.78 is 5.67. The van der Waals surface area contributed by atoms with Crippen molar-refractivity contribution < 1.29 is 4.74 Å². The van der Waals surface area contributed by atoms with Crippen LogP contribution in [0.2, 0.25) is 0 Å². The number of H-pyrrole nitrogens is 1. The third-order valence-corrected chi connectivity index (χ3v) is 3.94. The van der Waals surface area contributed by atoms with Crippen LogP contribution in [-0.4, -0.2) is 28.1 Å². The lowest BCUT2D eigenvalue weighted by atomic mass is 10.1. The van der Waals surface area contributed by atoms with E-state index in [1.165, 1.54) is 5.39 Å². The first-order chi connectivity index (χ1) is 12.4. The van der Waals surface area contributed by atoms with Crippen LogP contribution in [0.4, 0.5) is 5.82 Å². The molecule has 0 fully saturated rings. The molecule has 0 bridgehead atoms. The number of nitrogens with zero attached hydrogens (tertiary/aromatic N) is 2. The van der Waals surface area contributed by atoms with Gasteiger partial charge in [0.2, 0.25) is 0 Å². The summed E-state index contributed by atoms with van der Waals surface area (Å²) in [6.45, 7) is 1.24. The van der Waals surface area contributed by atoms with E-state index < -0.39 is 0 Å². The van der Waals surface area contributed by atoms with Gasteiger partial charge in [-0.15, -0.1) is 0 Å². The second kappa shape index (κ2) is 7.05. The van der Waals surface area contributed by atoms with Crippen LogP contribution in [0.5, 0.6) is 5.75 Å². The number of nitrogens with one attached hydrogen (secondary N) is 2. The molecule has 0 aliphatic rings. The molecule has 0 aliphatic heterocycles. The highest BCUT2D eigenvalue weighted by Crippen LogP contribution is 2.23. The number of benzene rings is 2. The lowest BCUT2D eigenvalue weighted by Crippen LogP contribution is -2.12. The van der Waals surface area contributed by atoms with Crippen LogP contribution < -0.4 is 10.1 Å². The Balaban J connectivity index is 1.40. The van der Waals surface area contributed by atoms with Gasteiger partial charge >= 0.3 is 0 Å². The highest BCUT2D eigenvalue weighted by molar-refractivity contribution is 5.84. The van der Waals surface area contributed by atoms with Gasteiger partial charge in [-0.05, 0) is 30.3 Å². The van der Waals surface area contributed by atoms with E-state index in [0.717, 1.165) is 28.3 Å².